The van der Waals surface area contributed by atoms with E-state index < -0.39 is 11.6 Å². The van der Waals surface area contributed by atoms with Gasteiger partial charge < -0.3 is 19.5 Å². The minimum atomic E-state index is -0.556. The van der Waals surface area contributed by atoms with Crippen LogP contribution in [0.25, 0.3) is 0 Å². The van der Waals surface area contributed by atoms with Gasteiger partial charge in [0.15, 0.2) is 6.61 Å². The highest BCUT2D eigenvalue weighted by molar-refractivity contribution is 6.05. The second-order valence-electron chi connectivity index (χ2n) is 7.06. The molecule has 0 aliphatic carbocycles. The van der Waals surface area contributed by atoms with Crippen molar-refractivity contribution in [3.63, 3.8) is 0 Å². The van der Waals surface area contributed by atoms with Crippen molar-refractivity contribution in [1.82, 2.24) is 0 Å². The molecule has 6 nitrogen and oxygen atoms in total. The van der Waals surface area contributed by atoms with Crippen LogP contribution in [0.2, 0.25) is 0 Å². The van der Waals surface area contributed by atoms with E-state index in [1.165, 1.54) is 0 Å². The molecule has 0 spiro atoms. The highest BCUT2D eigenvalue weighted by atomic mass is 16.6. The summed E-state index contributed by atoms with van der Waals surface area (Å²) in [7, 11) is 1.55. The summed E-state index contributed by atoms with van der Waals surface area (Å²) in [5.41, 5.74) is 1.52. The van der Waals surface area contributed by atoms with Gasteiger partial charge in [0.2, 0.25) is 0 Å². The van der Waals surface area contributed by atoms with Gasteiger partial charge in [0.25, 0.3) is 5.91 Å². The molecule has 0 fully saturated rings. The largest absolute Gasteiger partial charge is 0.495 e. The third kappa shape index (κ3) is 6.33. The van der Waals surface area contributed by atoms with E-state index in [1.807, 2.05) is 19.1 Å². The summed E-state index contributed by atoms with van der Waals surface area (Å²) in [5, 5.41) is 2.84. The zero-order chi connectivity index (χ0) is 20.0. The van der Waals surface area contributed by atoms with E-state index in [9.17, 15) is 9.59 Å². The van der Waals surface area contributed by atoms with Gasteiger partial charge in [-0.2, -0.15) is 0 Å². The lowest BCUT2D eigenvalue weighted by molar-refractivity contribution is -0.157. The summed E-state index contributed by atoms with van der Waals surface area (Å²) in [6, 6.07) is 12.1. The predicted molar refractivity (Wildman–Crippen MR) is 103 cm³/mol. The van der Waals surface area contributed by atoms with E-state index in [0.717, 1.165) is 5.56 Å². The molecule has 0 saturated carbocycles. The van der Waals surface area contributed by atoms with Crippen LogP contribution in [0.15, 0.2) is 42.5 Å². The Morgan fingerprint density at radius 3 is 2.30 bits per heavy atom. The average Bonchev–Trinajstić information content (AvgIpc) is 2.59. The topological polar surface area (TPSA) is 73.9 Å². The van der Waals surface area contributed by atoms with Crippen molar-refractivity contribution in [1.29, 1.82) is 0 Å². The van der Waals surface area contributed by atoms with E-state index >= 15 is 0 Å². The maximum Gasteiger partial charge on any atom is 0.344 e. The molecule has 0 atom stereocenters. The van der Waals surface area contributed by atoms with Crippen LogP contribution < -0.4 is 14.8 Å². The van der Waals surface area contributed by atoms with Crippen molar-refractivity contribution >= 4 is 17.6 Å². The number of esters is 1. The van der Waals surface area contributed by atoms with Crippen molar-refractivity contribution in [3.8, 4) is 11.5 Å². The monoisotopic (exact) mass is 371 g/mol. The van der Waals surface area contributed by atoms with Crippen molar-refractivity contribution in [3.05, 3.63) is 53.6 Å². The Morgan fingerprint density at radius 2 is 1.70 bits per heavy atom. The summed E-state index contributed by atoms with van der Waals surface area (Å²) in [6.07, 6.45) is 0. The van der Waals surface area contributed by atoms with E-state index in [-0.39, 0.29) is 12.5 Å². The molecule has 2 aromatic rings. The van der Waals surface area contributed by atoms with E-state index in [2.05, 4.69) is 5.32 Å². The predicted octanol–water partition coefficient (Wildman–Crippen LogP) is 3.98. The first-order chi connectivity index (χ1) is 12.7. The molecule has 0 aliphatic heterocycles. The van der Waals surface area contributed by atoms with Gasteiger partial charge in [-0.15, -0.1) is 0 Å². The fourth-order valence-corrected chi connectivity index (χ4v) is 2.33. The number of hydrogen-bond acceptors (Lipinski definition) is 5. The van der Waals surface area contributed by atoms with Crippen molar-refractivity contribution < 1.29 is 23.8 Å². The summed E-state index contributed by atoms with van der Waals surface area (Å²) < 4.78 is 15.8. The van der Waals surface area contributed by atoms with Crippen LogP contribution in [0.4, 0.5) is 5.69 Å². The fraction of sp³-hybridized carbons (Fsp3) is 0.333. The number of rotatable bonds is 6. The molecule has 2 rings (SSSR count). The molecular formula is C21H25NO5. The van der Waals surface area contributed by atoms with Gasteiger partial charge in [-0.25, -0.2) is 4.79 Å². The zero-order valence-corrected chi connectivity index (χ0v) is 16.3. The molecular weight excluding hydrogens is 346 g/mol. The first kappa shape index (κ1) is 20.3. The molecule has 0 aliphatic rings. The Hall–Kier alpha value is -3.02. The number of aryl methyl sites for hydroxylation is 1. The van der Waals surface area contributed by atoms with Gasteiger partial charge in [-0.05, 0) is 69.7 Å². The van der Waals surface area contributed by atoms with E-state index in [0.29, 0.717) is 22.7 Å². The van der Waals surface area contributed by atoms with Crippen LogP contribution in [0.3, 0.4) is 0 Å². The number of amides is 1. The van der Waals surface area contributed by atoms with Crippen LogP contribution in [-0.2, 0) is 9.53 Å². The Morgan fingerprint density at radius 1 is 1.04 bits per heavy atom. The molecule has 2 aromatic carbocycles. The number of methoxy groups -OCH3 is 1. The van der Waals surface area contributed by atoms with Gasteiger partial charge in [0.1, 0.15) is 17.1 Å². The summed E-state index contributed by atoms with van der Waals surface area (Å²) in [6.45, 7) is 7.12. The maximum atomic E-state index is 12.4. The number of carbonyl (C=O) groups excluding carboxylic acids is 2. The normalized spacial score (nSPS) is 10.9. The molecule has 0 bridgehead atoms. The number of carbonyl (C=O) groups is 2. The molecule has 0 aromatic heterocycles. The standard InChI is InChI=1S/C21H25NO5/c1-14-6-11-18(25-5)17(12-14)22-20(24)15-7-9-16(10-8-15)26-13-19(23)27-21(2,3)4/h6-12H,13H2,1-5H3,(H,22,24). The SMILES string of the molecule is COc1ccc(C)cc1NC(=O)c1ccc(OCC(=O)OC(C)(C)C)cc1. The number of nitrogens with one attached hydrogen (secondary N) is 1. The van der Waals surface area contributed by atoms with E-state index in [4.69, 9.17) is 14.2 Å². The van der Waals surface area contributed by atoms with Gasteiger partial charge in [-0.3, -0.25) is 4.79 Å². The quantitative estimate of drug-likeness (QED) is 0.778. The summed E-state index contributed by atoms with van der Waals surface area (Å²) in [4.78, 5) is 24.1. The third-order valence-corrected chi connectivity index (χ3v) is 3.50. The fourth-order valence-electron chi connectivity index (χ4n) is 2.33. The molecule has 27 heavy (non-hydrogen) atoms. The highest BCUT2D eigenvalue weighted by Gasteiger charge is 2.16. The first-order valence-corrected chi connectivity index (χ1v) is 8.58. The lowest BCUT2D eigenvalue weighted by atomic mass is 10.1. The van der Waals surface area contributed by atoms with Gasteiger partial charge in [-0.1, -0.05) is 6.07 Å². The third-order valence-electron chi connectivity index (χ3n) is 3.50. The van der Waals surface area contributed by atoms with Crippen LogP contribution in [0.1, 0.15) is 36.7 Å². The Bertz CT molecular complexity index is 806. The summed E-state index contributed by atoms with van der Waals surface area (Å²) in [5.74, 6) is 0.352. The number of anilines is 1. The Kier molecular flexibility index (Phi) is 6.45. The van der Waals surface area contributed by atoms with Crippen LogP contribution >= 0.6 is 0 Å². The number of benzene rings is 2. The molecule has 6 heteroatoms. The molecule has 0 radical (unpaired) electrons. The first-order valence-electron chi connectivity index (χ1n) is 8.58. The van der Waals surface area contributed by atoms with Crippen LogP contribution in [-0.4, -0.2) is 31.2 Å². The molecule has 0 saturated heterocycles. The van der Waals surface area contributed by atoms with Gasteiger partial charge in [0.05, 0.1) is 12.8 Å². The van der Waals surface area contributed by atoms with Crippen molar-refractivity contribution in [2.75, 3.05) is 19.0 Å². The van der Waals surface area contributed by atoms with Crippen LogP contribution in [0.5, 0.6) is 11.5 Å². The van der Waals surface area contributed by atoms with Gasteiger partial charge in [0, 0.05) is 5.56 Å². The molecule has 1 amide bonds. The molecule has 1 N–H and O–H groups in total. The van der Waals surface area contributed by atoms with E-state index in [1.54, 1.807) is 58.2 Å². The average molecular weight is 371 g/mol. The van der Waals surface area contributed by atoms with Crippen molar-refractivity contribution in [2.24, 2.45) is 0 Å². The van der Waals surface area contributed by atoms with Gasteiger partial charge >= 0.3 is 5.97 Å². The minimum absolute atomic E-state index is 0.191. The second-order valence-corrected chi connectivity index (χ2v) is 7.06. The Labute approximate surface area is 159 Å². The zero-order valence-electron chi connectivity index (χ0n) is 16.3. The minimum Gasteiger partial charge on any atom is -0.495 e. The van der Waals surface area contributed by atoms with Crippen LogP contribution in [0, 0.1) is 6.92 Å². The Balaban J connectivity index is 1.97. The molecule has 0 unspecified atom stereocenters. The maximum absolute atomic E-state index is 12.4. The summed E-state index contributed by atoms with van der Waals surface area (Å²) >= 11 is 0. The smallest absolute Gasteiger partial charge is 0.344 e. The molecule has 144 valence electrons. The lowest BCUT2D eigenvalue weighted by Crippen LogP contribution is -2.27. The lowest BCUT2D eigenvalue weighted by Gasteiger charge is -2.19. The molecule has 0 heterocycles. The van der Waals surface area contributed by atoms with Crippen molar-refractivity contribution in [2.45, 2.75) is 33.3 Å². The highest BCUT2D eigenvalue weighted by Crippen LogP contribution is 2.26. The number of hydrogen-bond donors (Lipinski definition) is 1. The second kappa shape index (κ2) is 8.58. The number of ether oxygens (including phenoxy) is 3.